The fraction of sp³-hybridized carbons (Fsp3) is 0. The molecule has 0 aliphatic rings. The average molecular weight is 329 g/mol. The number of benzene rings is 2. The van der Waals surface area contributed by atoms with Crippen LogP contribution in [0.2, 0.25) is 0 Å². The van der Waals surface area contributed by atoms with Crippen LogP contribution in [0.3, 0.4) is 0 Å². The van der Waals surface area contributed by atoms with E-state index in [1.165, 1.54) is 0 Å². The first-order valence-corrected chi connectivity index (χ1v) is 7.85. The fourth-order valence-corrected chi connectivity index (χ4v) is 2.61. The Morgan fingerprint density at radius 1 is 0.840 bits per heavy atom. The summed E-state index contributed by atoms with van der Waals surface area (Å²) >= 11 is 0. The van der Waals surface area contributed by atoms with E-state index in [1.807, 2.05) is 60.7 Å². The van der Waals surface area contributed by atoms with E-state index in [0.29, 0.717) is 11.6 Å². The smallest absolute Gasteiger partial charge is 0.326 e. The van der Waals surface area contributed by atoms with Gasteiger partial charge in [-0.15, -0.1) is 0 Å². The Bertz CT molecular complexity index is 975. The van der Waals surface area contributed by atoms with Gasteiger partial charge in [0.2, 0.25) is 5.88 Å². The molecular weight excluding hydrogens is 314 g/mol. The molecule has 0 unspecified atom stereocenters. The third kappa shape index (κ3) is 3.35. The van der Waals surface area contributed by atoms with Crippen molar-refractivity contribution in [2.75, 3.05) is 10.6 Å². The van der Waals surface area contributed by atoms with Crippen LogP contribution in [0, 0.1) is 0 Å². The number of hydrogen-bond acceptors (Lipinski definition) is 3. The van der Waals surface area contributed by atoms with Crippen LogP contribution in [0.4, 0.5) is 16.4 Å². The summed E-state index contributed by atoms with van der Waals surface area (Å²) in [5, 5.41) is 6.44. The lowest BCUT2D eigenvalue weighted by atomic mass is 10.1. The van der Waals surface area contributed by atoms with Crippen LogP contribution in [-0.2, 0) is 0 Å². The second-order valence-corrected chi connectivity index (χ2v) is 5.54. The van der Waals surface area contributed by atoms with E-state index in [9.17, 15) is 4.79 Å². The maximum atomic E-state index is 12.1. The zero-order valence-electron chi connectivity index (χ0n) is 13.3. The highest BCUT2D eigenvalue weighted by molar-refractivity contribution is 6.00. The van der Waals surface area contributed by atoms with E-state index >= 15 is 0 Å². The van der Waals surface area contributed by atoms with Gasteiger partial charge in [-0.25, -0.2) is 4.79 Å². The van der Waals surface area contributed by atoms with E-state index in [-0.39, 0.29) is 6.03 Å². The van der Waals surface area contributed by atoms with Crippen molar-refractivity contribution in [2.24, 2.45) is 0 Å². The normalized spacial score (nSPS) is 10.6. The number of nitrogens with zero attached hydrogens (tertiary/aromatic N) is 1. The highest BCUT2D eigenvalue weighted by Crippen LogP contribution is 2.23. The van der Waals surface area contributed by atoms with E-state index in [1.54, 1.807) is 18.5 Å². The summed E-state index contributed by atoms with van der Waals surface area (Å²) in [6.07, 6.45) is 3.50. The molecule has 2 amide bonds. The van der Waals surface area contributed by atoms with Crippen LogP contribution in [0.5, 0.6) is 0 Å². The van der Waals surface area contributed by atoms with Crippen molar-refractivity contribution >= 4 is 28.6 Å². The maximum Gasteiger partial charge on any atom is 0.326 e. The Morgan fingerprint density at radius 3 is 2.32 bits per heavy atom. The van der Waals surface area contributed by atoms with Crippen LogP contribution in [0.15, 0.2) is 83.5 Å². The van der Waals surface area contributed by atoms with Gasteiger partial charge in [-0.2, -0.15) is 0 Å². The van der Waals surface area contributed by atoms with Crippen molar-refractivity contribution in [3.63, 3.8) is 0 Å². The number of fused-ring (bicyclic) bond motifs is 1. The SMILES string of the molecule is O=C(Nc1ccc(-c2ccncc2)cc1)Nc1cc2ccccc2o1. The lowest BCUT2D eigenvalue weighted by Gasteiger charge is -2.07. The molecule has 2 aromatic heterocycles. The molecule has 4 rings (SSSR count). The molecule has 0 bridgehead atoms. The number of hydrogen-bond donors (Lipinski definition) is 2. The van der Waals surface area contributed by atoms with Crippen LogP contribution in [0.25, 0.3) is 22.1 Å². The summed E-state index contributed by atoms with van der Waals surface area (Å²) < 4.78 is 5.58. The van der Waals surface area contributed by atoms with Crippen LogP contribution >= 0.6 is 0 Å². The first-order valence-electron chi connectivity index (χ1n) is 7.85. The molecule has 2 N–H and O–H groups in total. The number of nitrogens with one attached hydrogen (secondary N) is 2. The Hall–Kier alpha value is -3.60. The number of anilines is 2. The van der Waals surface area contributed by atoms with E-state index in [4.69, 9.17) is 4.42 Å². The number of para-hydroxylation sites is 1. The number of rotatable bonds is 3. The maximum absolute atomic E-state index is 12.1. The topological polar surface area (TPSA) is 67.2 Å². The van der Waals surface area contributed by atoms with E-state index in [2.05, 4.69) is 15.6 Å². The minimum absolute atomic E-state index is 0.351. The molecule has 0 spiro atoms. The minimum atomic E-state index is -0.351. The summed E-state index contributed by atoms with van der Waals surface area (Å²) in [6.45, 7) is 0. The van der Waals surface area contributed by atoms with Gasteiger partial charge in [0.1, 0.15) is 5.58 Å². The summed E-state index contributed by atoms with van der Waals surface area (Å²) in [4.78, 5) is 16.1. The van der Waals surface area contributed by atoms with E-state index in [0.717, 1.165) is 22.1 Å². The van der Waals surface area contributed by atoms with Gasteiger partial charge in [-0.05, 0) is 41.5 Å². The highest BCUT2D eigenvalue weighted by atomic mass is 16.4. The van der Waals surface area contributed by atoms with Crippen molar-refractivity contribution in [1.82, 2.24) is 4.98 Å². The minimum Gasteiger partial charge on any atom is -0.440 e. The van der Waals surface area contributed by atoms with Crippen molar-refractivity contribution < 1.29 is 9.21 Å². The number of aromatic nitrogens is 1. The molecule has 2 heterocycles. The average Bonchev–Trinajstić information content (AvgIpc) is 3.05. The summed E-state index contributed by atoms with van der Waals surface area (Å²) in [6, 6.07) is 20.5. The van der Waals surface area contributed by atoms with Crippen LogP contribution in [0.1, 0.15) is 0 Å². The number of carbonyl (C=O) groups excluding carboxylic acids is 1. The summed E-state index contributed by atoms with van der Waals surface area (Å²) in [5.41, 5.74) is 3.57. The van der Waals surface area contributed by atoms with E-state index < -0.39 is 0 Å². The van der Waals surface area contributed by atoms with Gasteiger partial charge in [-0.3, -0.25) is 10.3 Å². The van der Waals surface area contributed by atoms with Gasteiger partial charge in [0.15, 0.2) is 0 Å². The molecule has 4 aromatic rings. The molecule has 0 saturated carbocycles. The Labute approximate surface area is 144 Å². The second-order valence-electron chi connectivity index (χ2n) is 5.54. The zero-order valence-corrected chi connectivity index (χ0v) is 13.3. The Morgan fingerprint density at radius 2 is 1.56 bits per heavy atom. The third-order valence-corrected chi connectivity index (χ3v) is 3.82. The molecule has 25 heavy (non-hydrogen) atoms. The molecule has 5 nitrogen and oxygen atoms in total. The molecule has 0 radical (unpaired) electrons. The quantitative estimate of drug-likeness (QED) is 0.547. The largest absolute Gasteiger partial charge is 0.440 e. The molecular formula is C20H15N3O2. The van der Waals surface area contributed by atoms with Crippen molar-refractivity contribution in [2.45, 2.75) is 0 Å². The fourth-order valence-electron chi connectivity index (χ4n) is 2.61. The first kappa shape index (κ1) is 15.0. The summed E-state index contributed by atoms with van der Waals surface area (Å²) in [5.74, 6) is 0.409. The lowest BCUT2D eigenvalue weighted by Crippen LogP contribution is -2.18. The summed E-state index contributed by atoms with van der Waals surface area (Å²) in [7, 11) is 0. The molecule has 0 saturated heterocycles. The van der Waals surface area contributed by atoms with Gasteiger partial charge < -0.3 is 9.73 Å². The first-order chi connectivity index (χ1) is 12.3. The van der Waals surface area contributed by atoms with Crippen LogP contribution in [-0.4, -0.2) is 11.0 Å². The monoisotopic (exact) mass is 329 g/mol. The van der Waals surface area contributed by atoms with Gasteiger partial charge in [0.05, 0.1) is 0 Å². The highest BCUT2D eigenvalue weighted by Gasteiger charge is 2.07. The number of carbonyl (C=O) groups is 1. The van der Waals surface area contributed by atoms with Crippen LogP contribution < -0.4 is 10.6 Å². The van der Waals surface area contributed by atoms with Gasteiger partial charge in [0, 0.05) is 29.5 Å². The number of amides is 2. The Kier molecular flexibility index (Phi) is 3.88. The number of pyridine rings is 1. The molecule has 0 atom stereocenters. The molecule has 122 valence electrons. The lowest BCUT2D eigenvalue weighted by molar-refractivity contribution is 0.261. The molecule has 2 aromatic carbocycles. The van der Waals surface area contributed by atoms with Crippen molar-refractivity contribution in [3.8, 4) is 11.1 Å². The van der Waals surface area contributed by atoms with Crippen molar-refractivity contribution in [1.29, 1.82) is 0 Å². The van der Waals surface area contributed by atoms with Gasteiger partial charge in [0.25, 0.3) is 0 Å². The molecule has 0 aliphatic heterocycles. The third-order valence-electron chi connectivity index (χ3n) is 3.82. The van der Waals surface area contributed by atoms with Gasteiger partial charge in [-0.1, -0.05) is 30.3 Å². The second kappa shape index (κ2) is 6.49. The van der Waals surface area contributed by atoms with Gasteiger partial charge >= 0.3 is 6.03 Å². The molecule has 0 aliphatic carbocycles. The molecule has 0 fully saturated rings. The number of urea groups is 1. The predicted molar refractivity (Wildman–Crippen MR) is 98.5 cm³/mol. The zero-order chi connectivity index (χ0) is 17.1. The predicted octanol–water partition coefficient (Wildman–Crippen LogP) is 5.14. The Balaban J connectivity index is 1.43. The molecule has 5 heteroatoms. The standard InChI is InChI=1S/C20H15N3O2/c24-20(23-19-13-16-3-1-2-4-18(16)25-19)22-17-7-5-14(6-8-17)15-9-11-21-12-10-15/h1-13H,(H2,22,23,24). The van der Waals surface area contributed by atoms with Crippen molar-refractivity contribution in [3.05, 3.63) is 79.1 Å². The number of furan rings is 1.